The van der Waals surface area contributed by atoms with Crippen molar-refractivity contribution in [2.24, 2.45) is 17.2 Å². The fourth-order valence-corrected chi connectivity index (χ4v) is 0.728. The zero-order valence-electron chi connectivity index (χ0n) is 6.54. The van der Waals surface area contributed by atoms with E-state index in [1.165, 1.54) is 0 Å². The van der Waals surface area contributed by atoms with Crippen LogP contribution in [-0.4, -0.2) is 22.9 Å². The monoisotopic (exact) mass is 147 g/mol. The van der Waals surface area contributed by atoms with Crippen molar-refractivity contribution < 1.29 is 5.11 Å². The fraction of sp³-hybridized carbons (Fsp3) is 1.00. The molecule has 0 fully saturated rings. The lowest BCUT2D eigenvalue weighted by Gasteiger charge is -2.29. The Hall–Kier alpha value is -0.160. The highest BCUT2D eigenvalue weighted by Crippen LogP contribution is 2.06. The Morgan fingerprint density at radius 1 is 1.40 bits per heavy atom. The van der Waals surface area contributed by atoms with Crippen molar-refractivity contribution >= 4 is 0 Å². The number of hydrogen-bond acceptors (Lipinski definition) is 4. The van der Waals surface area contributed by atoms with Crippen LogP contribution in [0.25, 0.3) is 0 Å². The van der Waals surface area contributed by atoms with Gasteiger partial charge in [-0.05, 0) is 20.3 Å². The van der Waals surface area contributed by atoms with Gasteiger partial charge >= 0.3 is 0 Å². The SMILES string of the molecule is CC(N)CC(N)(N)C(C)O. The summed E-state index contributed by atoms with van der Waals surface area (Å²) in [6, 6.07) is -0.0791. The van der Waals surface area contributed by atoms with E-state index in [4.69, 9.17) is 22.3 Å². The van der Waals surface area contributed by atoms with Crippen molar-refractivity contribution in [2.45, 2.75) is 38.1 Å². The van der Waals surface area contributed by atoms with E-state index in [0.29, 0.717) is 6.42 Å². The summed E-state index contributed by atoms with van der Waals surface area (Å²) in [5, 5.41) is 9.02. The second-order valence-corrected chi connectivity index (χ2v) is 2.97. The minimum Gasteiger partial charge on any atom is -0.390 e. The molecule has 0 rings (SSSR count). The van der Waals surface area contributed by atoms with E-state index in [0.717, 1.165) is 0 Å². The van der Waals surface area contributed by atoms with Crippen LogP contribution in [0.3, 0.4) is 0 Å². The van der Waals surface area contributed by atoms with Gasteiger partial charge in [0.25, 0.3) is 0 Å². The van der Waals surface area contributed by atoms with Crippen LogP contribution in [0.1, 0.15) is 20.3 Å². The van der Waals surface area contributed by atoms with Gasteiger partial charge < -0.3 is 22.3 Å². The molecule has 10 heavy (non-hydrogen) atoms. The van der Waals surface area contributed by atoms with Crippen molar-refractivity contribution in [1.82, 2.24) is 0 Å². The molecule has 62 valence electrons. The summed E-state index contributed by atoms with van der Waals surface area (Å²) in [4.78, 5) is 0. The van der Waals surface area contributed by atoms with Crippen molar-refractivity contribution in [3.8, 4) is 0 Å². The van der Waals surface area contributed by atoms with Crippen molar-refractivity contribution in [1.29, 1.82) is 0 Å². The van der Waals surface area contributed by atoms with Crippen LogP contribution in [0.2, 0.25) is 0 Å². The highest BCUT2D eigenvalue weighted by molar-refractivity contribution is 4.85. The smallest absolute Gasteiger partial charge is 0.0915 e. The molecular formula is C6H17N3O. The van der Waals surface area contributed by atoms with Crippen LogP contribution in [-0.2, 0) is 0 Å². The first kappa shape index (κ1) is 9.84. The van der Waals surface area contributed by atoms with Gasteiger partial charge in [0.05, 0.1) is 11.8 Å². The Kier molecular flexibility index (Phi) is 3.24. The summed E-state index contributed by atoms with van der Waals surface area (Å²) in [6.45, 7) is 3.36. The fourth-order valence-electron chi connectivity index (χ4n) is 0.728. The van der Waals surface area contributed by atoms with Crippen molar-refractivity contribution in [2.75, 3.05) is 0 Å². The summed E-state index contributed by atoms with van der Waals surface area (Å²) in [6.07, 6.45) is -0.302. The first-order valence-electron chi connectivity index (χ1n) is 3.37. The molecular weight excluding hydrogens is 130 g/mol. The molecule has 0 radical (unpaired) electrons. The third-order valence-electron chi connectivity index (χ3n) is 1.45. The first-order valence-corrected chi connectivity index (χ1v) is 3.37. The molecule has 0 aromatic carbocycles. The molecule has 7 N–H and O–H groups in total. The normalized spacial score (nSPS) is 18.6. The maximum atomic E-state index is 9.02. The van der Waals surface area contributed by atoms with Gasteiger partial charge in [-0.15, -0.1) is 0 Å². The summed E-state index contributed by atoms with van der Waals surface area (Å²) in [5.74, 6) is 0. The standard InChI is InChI=1S/C6H17N3O/c1-4(7)3-6(8,9)5(2)10/h4-5,10H,3,7-9H2,1-2H3. The van der Waals surface area contributed by atoms with Crippen molar-refractivity contribution in [3.63, 3.8) is 0 Å². The molecule has 0 saturated carbocycles. The quantitative estimate of drug-likeness (QED) is 0.374. The summed E-state index contributed by atoms with van der Waals surface area (Å²) in [7, 11) is 0. The maximum Gasteiger partial charge on any atom is 0.0915 e. The van der Waals surface area contributed by atoms with E-state index in [9.17, 15) is 0 Å². The lowest BCUT2D eigenvalue weighted by molar-refractivity contribution is 0.0943. The second kappa shape index (κ2) is 3.30. The van der Waals surface area contributed by atoms with E-state index in [2.05, 4.69) is 0 Å². The molecule has 4 nitrogen and oxygen atoms in total. The minimum absolute atomic E-state index is 0.0791. The predicted molar refractivity (Wildman–Crippen MR) is 41.1 cm³/mol. The van der Waals surface area contributed by atoms with Crippen LogP contribution in [0.4, 0.5) is 0 Å². The molecule has 0 aliphatic rings. The molecule has 0 aromatic heterocycles. The van der Waals surface area contributed by atoms with Crippen LogP contribution >= 0.6 is 0 Å². The van der Waals surface area contributed by atoms with Crippen molar-refractivity contribution in [3.05, 3.63) is 0 Å². The molecule has 0 heterocycles. The molecule has 0 amide bonds. The van der Waals surface area contributed by atoms with Gasteiger partial charge in [0, 0.05) is 6.04 Å². The van der Waals surface area contributed by atoms with Crippen LogP contribution in [0.5, 0.6) is 0 Å². The van der Waals surface area contributed by atoms with E-state index < -0.39 is 11.8 Å². The average Bonchev–Trinajstić information content (AvgIpc) is 1.60. The molecule has 2 atom stereocenters. The highest BCUT2D eigenvalue weighted by atomic mass is 16.3. The lowest BCUT2D eigenvalue weighted by Crippen LogP contribution is -2.59. The summed E-state index contributed by atoms with van der Waals surface area (Å²) < 4.78 is 0. The topological polar surface area (TPSA) is 98.3 Å². The first-order chi connectivity index (χ1) is 4.36. The van der Waals surface area contributed by atoms with E-state index in [1.54, 1.807) is 13.8 Å². The molecule has 0 saturated heterocycles. The van der Waals surface area contributed by atoms with Gasteiger partial charge in [-0.2, -0.15) is 0 Å². The zero-order chi connectivity index (χ0) is 8.36. The Morgan fingerprint density at radius 3 is 1.90 bits per heavy atom. The Balaban J connectivity index is 3.87. The van der Waals surface area contributed by atoms with Crippen LogP contribution in [0.15, 0.2) is 0 Å². The molecule has 4 heteroatoms. The third kappa shape index (κ3) is 3.12. The average molecular weight is 147 g/mol. The lowest BCUT2D eigenvalue weighted by atomic mass is 9.98. The highest BCUT2D eigenvalue weighted by Gasteiger charge is 2.26. The van der Waals surface area contributed by atoms with Gasteiger partial charge in [-0.25, -0.2) is 0 Å². The maximum absolute atomic E-state index is 9.02. The molecule has 0 aromatic rings. The third-order valence-corrected chi connectivity index (χ3v) is 1.45. The Labute approximate surface area is 61.4 Å². The number of nitrogens with two attached hydrogens (primary N) is 3. The molecule has 0 aliphatic heterocycles. The van der Waals surface area contributed by atoms with E-state index in [1.807, 2.05) is 0 Å². The number of aliphatic hydroxyl groups excluding tert-OH is 1. The van der Waals surface area contributed by atoms with Gasteiger partial charge in [-0.3, -0.25) is 0 Å². The molecule has 0 bridgehead atoms. The Morgan fingerprint density at radius 2 is 1.80 bits per heavy atom. The van der Waals surface area contributed by atoms with Gasteiger partial charge in [0.2, 0.25) is 0 Å². The van der Waals surface area contributed by atoms with Gasteiger partial charge in [0.15, 0.2) is 0 Å². The predicted octanol–water partition coefficient (Wildman–Crippen LogP) is -1.28. The molecule has 2 unspecified atom stereocenters. The van der Waals surface area contributed by atoms with Crippen LogP contribution in [0, 0.1) is 0 Å². The molecule has 0 aliphatic carbocycles. The van der Waals surface area contributed by atoms with E-state index in [-0.39, 0.29) is 6.04 Å². The minimum atomic E-state index is -1.05. The summed E-state index contributed by atoms with van der Waals surface area (Å²) >= 11 is 0. The number of aliphatic hydroxyl groups is 1. The Bertz CT molecular complexity index is 101. The van der Waals surface area contributed by atoms with E-state index >= 15 is 0 Å². The number of rotatable bonds is 3. The molecule has 0 spiro atoms. The largest absolute Gasteiger partial charge is 0.390 e. The summed E-state index contributed by atoms with van der Waals surface area (Å²) in [5.41, 5.74) is 15.4. The zero-order valence-corrected chi connectivity index (χ0v) is 6.54. The van der Waals surface area contributed by atoms with Crippen LogP contribution < -0.4 is 17.2 Å². The van der Waals surface area contributed by atoms with Gasteiger partial charge in [0.1, 0.15) is 0 Å². The van der Waals surface area contributed by atoms with Gasteiger partial charge in [-0.1, -0.05) is 0 Å². The second-order valence-electron chi connectivity index (χ2n) is 2.97. The number of hydrogen-bond donors (Lipinski definition) is 4.